The summed E-state index contributed by atoms with van der Waals surface area (Å²) < 4.78 is 30.1. The Kier molecular flexibility index (Phi) is 13.2. The maximum Gasteiger partial charge on any atom is 0.293 e. The van der Waals surface area contributed by atoms with Crippen molar-refractivity contribution in [3.63, 3.8) is 0 Å². The molecule has 7 rings (SSSR count). The minimum atomic E-state index is -4.26. The highest BCUT2D eigenvalue weighted by Crippen LogP contribution is 2.35. The van der Waals surface area contributed by atoms with Crippen molar-refractivity contribution in [1.82, 2.24) is 19.8 Å². The van der Waals surface area contributed by atoms with E-state index < -0.39 is 14.9 Å². The third kappa shape index (κ3) is 10.3. The number of halogens is 1. The molecule has 1 saturated heterocycles. The number of fused-ring (bicyclic) bond motifs is 1. The molecule has 0 bridgehead atoms. The SMILES string of the molecule is CN(C)CCC(CSc1ccccc1)Nc1ccc(S(=O)(=O)Nc2ncnc3cc(C4CCN(Cc5cc(Cl)ccc5-c5ccccc5)CC4)ccc23)cc1[N+](=O)[O-]. The highest BCUT2D eigenvalue weighted by Gasteiger charge is 2.26. The zero-order chi connectivity index (χ0) is 40.6. The van der Waals surface area contributed by atoms with Gasteiger partial charge in [0.2, 0.25) is 0 Å². The number of benzene rings is 5. The van der Waals surface area contributed by atoms with E-state index in [0.29, 0.717) is 22.6 Å². The Morgan fingerprint density at radius 3 is 2.40 bits per heavy atom. The van der Waals surface area contributed by atoms with Crippen LogP contribution in [0.4, 0.5) is 17.2 Å². The highest BCUT2D eigenvalue weighted by atomic mass is 35.5. The molecule has 11 nitrogen and oxygen atoms in total. The quantitative estimate of drug-likeness (QED) is 0.0552. The summed E-state index contributed by atoms with van der Waals surface area (Å²) in [7, 11) is -0.301. The minimum Gasteiger partial charge on any atom is -0.376 e. The first-order chi connectivity index (χ1) is 28.0. The Bertz CT molecular complexity index is 2470. The Labute approximate surface area is 349 Å². The van der Waals surface area contributed by atoms with Gasteiger partial charge < -0.3 is 10.2 Å². The smallest absolute Gasteiger partial charge is 0.293 e. The predicted octanol–water partition coefficient (Wildman–Crippen LogP) is 9.56. The highest BCUT2D eigenvalue weighted by molar-refractivity contribution is 7.99. The fraction of sp³-hybridized carbons (Fsp3) is 0.273. The zero-order valence-corrected chi connectivity index (χ0v) is 34.8. The number of hydrogen-bond donors (Lipinski definition) is 2. The molecule has 5 aromatic carbocycles. The first-order valence-corrected chi connectivity index (χ1v) is 22.1. The first-order valence-electron chi connectivity index (χ1n) is 19.2. The van der Waals surface area contributed by atoms with E-state index in [1.54, 1.807) is 11.8 Å². The van der Waals surface area contributed by atoms with E-state index >= 15 is 0 Å². The lowest BCUT2D eigenvalue weighted by Crippen LogP contribution is -2.32. The molecule has 2 heterocycles. The van der Waals surface area contributed by atoms with E-state index in [1.807, 2.05) is 86.9 Å². The summed E-state index contributed by atoms with van der Waals surface area (Å²) in [5.41, 5.74) is 5.25. The second kappa shape index (κ2) is 18.7. The number of piperidine rings is 1. The summed E-state index contributed by atoms with van der Waals surface area (Å²) in [6.07, 6.45) is 3.98. The van der Waals surface area contributed by atoms with Gasteiger partial charge in [0, 0.05) is 39.7 Å². The van der Waals surface area contributed by atoms with E-state index in [2.05, 4.69) is 54.1 Å². The van der Waals surface area contributed by atoms with E-state index in [1.165, 1.54) is 35.2 Å². The van der Waals surface area contributed by atoms with Gasteiger partial charge >= 0.3 is 0 Å². The van der Waals surface area contributed by atoms with E-state index in [4.69, 9.17) is 11.6 Å². The van der Waals surface area contributed by atoms with Crippen LogP contribution < -0.4 is 10.0 Å². The van der Waals surface area contributed by atoms with E-state index in [0.717, 1.165) is 67.0 Å². The van der Waals surface area contributed by atoms with Gasteiger partial charge in [-0.3, -0.25) is 19.7 Å². The van der Waals surface area contributed by atoms with Crippen molar-refractivity contribution in [1.29, 1.82) is 0 Å². The molecule has 0 saturated carbocycles. The van der Waals surface area contributed by atoms with Gasteiger partial charge in [-0.2, -0.15) is 0 Å². The summed E-state index contributed by atoms with van der Waals surface area (Å²) in [4.78, 5) is 25.9. The van der Waals surface area contributed by atoms with Gasteiger partial charge in [0.25, 0.3) is 15.7 Å². The Morgan fingerprint density at radius 1 is 0.931 bits per heavy atom. The molecule has 0 aliphatic carbocycles. The maximum absolute atomic E-state index is 13.8. The molecule has 1 unspecified atom stereocenters. The number of thioether (sulfide) groups is 1. The molecule has 0 spiro atoms. The second-order valence-electron chi connectivity index (χ2n) is 14.8. The molecule has 0 radical (unpaired) electrons. The van der Waals surface area contributed by atoms with E-state index in [-0.39, 0.29) is 28.1 Å². The van der Waals surface area contributed by atoms with Gasteiger partial charge in [0.15, 0.2) is 5.82 Å². The van der Waals surface area contributed by atoms with Gasteiger partial charge in [-0.05, 0) is 130 Å². The topological polar surface area (TPSA) is 134 Å². The molecule has 2 N–H and O–H groups in total. The lowest BCUT2D eigenvalue weighted by Gasteiger charge is -2.32. The van der Waals surface area contributed by atoms with Crippen molar-refractivity contribution >= 4 is 61.5 Å². The summed E-state index contributed by atoms with van der Waals surface area (Å²) in [6.45, 7) is 3.41. The molecule has 300 valence electrons. The van der Waals surface area contributed by atoms with Crippen LogP contribution in [0.25, 0.3) is 22.0 Å². The number of rotatable bonds is 16. The second-order valence-corrected chi connectivity index (χ2v) is 18.0. The van der Waals surface area contributed by atoms with E-state index in [9.17, 15) is 18.5 Å². The van der Waals surface area contributed by atoms with Crippen LogP contribution in [0, 0.1) is 10.1 Å². The fourth-order valence-corrected chi connectivity index (χ4v) is 9.59. The largest absolute Gasteiger partial charge is 0.376 e. The van der Waals surface area contributed by atoms with Crippen molar-refractivity contribution < 1.29 is 13.3 Å². The lowest BCUT2D eigenvalue weighted by atomic mass is 9.88. The van der Waals surface area contributed by atoms with Crippen molar-refractivity contribution in [3.8, 4) is 11.1 Å². The zero-order valence-electron chi connectivity index (χ0n) is 32.4. The van der Waals surface area contributed by atoms with Crippen LogP contribution in [0.2, 0.25) is 5.02 Å². The number of nitro groups is 1. The van der Waals surface area contributed by atoms with Crippen LogP contribution in [0.3, 0.4) is 0 Å². The summed E-state index contributed by atoms with van der Waals surface area (Å²) in [5.74, 6) is 1.09. The monoisotopic (exact) mass is 835 g/mol. The van der Waals surface area contributed by atoms with Gasteiger partial charge in [0.1, 0.15) is 12.0 Å². The van der Waals surface area contributed by atoms with Gasteiger partial charge in [-0.1, -0.05) is 72.3 Å². The number of aromatic nitrogens is 2. The van der Waals surface area contributed by atoms with Crippen molar-refractivity contribution in [3.05, 3.63) is 148 Å². The first kappa shape index (κ1) is 41.1. The van der Waals surface area contributed by atoms with Crippen LogP contribution in [-0.2, 0) is 16.6 Å². The third-order valence-electron chi connectivity index (χ3n) is 10.5. The van der Waals surface area contributed by atoms with Crippen LogP contribution >= 0.6 is 23.4 Å². The average Bonchev–Trinajstić information content (AvgIpc) is 3.22. The summed E-state index contributed by atoms with van der Waals surface area (Å²) in [5, 5.41) is 16.9. The number of nitro benzene ring substituents is 1. The Morgan fingerprint density at radius 2 is 1.67 bits per heavy atom. The molecule has 1 aliphatic heterocycles. The molecule has 1 atom stereocenters. The molecule has 1 aromatic heterocycles. The summed E-state index contributed by atoms with van der Waals surface area (Å²) in [6, 6.07) is 36.1. The van der Waals surface area contributed by atoms with Crippen LogP contribution in [-0.4, -0.2) is 78.6 Å². The maximum atomic E-state index is 13.8. The minimum absolute atomic E-state index is 0.105. The van der Waals surface area contributed by atoms with Gasteiger partial charge in [-0.25, -0.2) is 18.4 Å². The standard InChI is InChI=1S/C44H46ClN7O4S2/c1-50(2)22-21-36(29-57-37-11-7-4-8-12-37)48-41-18-15-38(27-43(41)52(53)54)58(55,56)49-44-40-16-13-33(26-42(40)46-30-47-44)31-19-23-51(24-20-31)28-34-25-35(45)14-17-39(34)32-9-5-3-6-10-32/h3-18,25-27,30-31,36,48H,19-24,28-29H2,1-2H3,(H,46,47,49). The van der Waals surface area contributed by atoms with Crippen LogP contribution in [0.5, 0.6) is 0 Å². The van der Waals surface area contributed by atoms with Crippen molar-refractivity contribution in [2.24, 2.45) is 0 Å². The molecule has 58 heavy (non-hydrogen) atoms. The van der Waals surface area contributed by atoms with Crippen LogP contribution in [0.1, 0.15) is 36.3 Å². The normalized spacial score (nSPS) is 14.4. The molecule has 14 heteroatoms. The molecule has 6 aromatic rings. The molecule has 0 amide bonds. The predicted molar refractivity (Wildman–Crippen MR) is 235 cm³/mol. The Balaban J connectivity index is 1.03. The number of sulfonamides is 1. The lowest BCUT2D eigenvalue weighted by molar-refractivity contribution is -0.384. The third-order valence-corrected chi connectivity index (χ3v) is 13.2. The molecule has 1 aliphatic rings. The summed E-state index contributed by atoms with van der Waals surface area (Å²) >= 11 is 8.09. The van der Waals surface area contributed by atoms with Gasteiger partial charge in [0.05, 0.1) is 15.3 Å². The van der Waals surface area contributed by atoms with Crippen molar-refractivity contribution in [2.45, 2.75) is 47.6 Å². The molecular formula is C44H46ClN7O4S2. The number of nitrogens with one attached hydrogen (secondary N) is 2. The molecular weight excluding hydrogens is 790 g/mol. The fourth-order valence-electron chi connectivity index (χ4n) is 7.35. The number of anilines is 2. The average molecular weight is 836 g/mol. The molecule has 1 fully saturated rings. The number of nitrogens with zero attached hydrogens (tertiary/aromatic N) is 5. The Hall–Kier alpha value is -5.05. The van der Waals surface area contributed by atoms with Crippen LogP contribution in [0.15, 0.2) is 131 Å². The number of hydrogen-bond acceptors (Lipinski definition) is 10. The van der Waals surface area contributed by atoms with Crippen molar-refractivity contribution in [2.75, 3.05) is 49.5 Å². The number of likely N-dealkylation sites (tertiary alicyclic amines) is 1. The van der Waals surface area contributed by atoms with Gasteiger partial charge in [-0.15, -0.1) is 11.8 Å².